The maximum Gasteiger partial charge on any atom is 0.326 e. The lowest BCUT2D eigenvalue weighted by Gasteiger charge is -2.19. The van der Waals surface area contributed by atoms with E-state index in [1.54, 1.807) is 18.3 Å². The summed E-state index contributed by atoms with van der Waals surface area (Å²) < 4.78 is 1.42. The van der Waals surface area contributed by atoms with Crippen molar-refractivity contribution in [2.75, 3.05) is 25.1 Å². The van der Waals surface area contributed by atoms with Crippen molar-refractivity contribution in [1.82, 2.24) is 41.6 Å². The first-order valence-corrected chi connectivity index (χ1v) is 17.3. The van der Waals surface area contributed by atoms with Crippen LogP contribution < -0.4 is 26.6 Å². The minimum Gasteiger partial charge on any atom is -0.480 e. The first-order valence-electron chi connectivity index (χ1n) is 15.9. The number of carbonyl (C=O) groups excluding carboxylic acids is 5. The number of Topliss-reactive ketones (excluding diaryl/α,β-unsaturated/α-hetero) is 1. The number of ketones is 1. The molecule has 0 aliphatic carbocycles. The topological polar surface area (TPSA) is 214 Å². The van der Waals surface area contributed by atoms with Gasteiger partial charge in [0.15, 0.2) is 5.78 Å². The fourth-order valence-corrected chi connectivity index (χ4v) is 4.90. The average molecular weight is 689 g/mol. The van der Waals surface area contributed by atoms with Crippen LogP contribution in [-0.2, 0) is 43.5 Å². The highest BCUT2D eigenvalue weighted by Crippen LogP contribution is 2.08. The van der Waals surface area contributed by atoms with Crippen molar-refractivity contribution in [1.29, 1.82) is 0 Å². The molecule has 0 fully saturated rings. The van der Waals surface area contributed by atoms with Gasteiger partial charge in [0.25, 0.3) is 5.91 Å². The molecule has 1 heterocycles. The predicted octanol–water partition coefficient (Wildman–Crippen LogP) is 0.822. The van der Waals surface area contributed by atoms with Gasteiger partial charge in [-0.3, -0.25) is 24.0 Å². The summed E-state index contributed by atoms with van der Waals surface area (Å²) in [4.78, 5) is 73.3. The summed E-state index contributed by atoms with van der Waals surface area (Å²) in [6.45, 7) is 6.20. The van der Waals surface area contributed by atoms with E-state index in [2.05, 4.69) is 36.9 Å². The van der Waals surface area contributed by atoms with Crippen molar-refractivity contribution >= 4 is 47.1 Å². The van der Waals surface area contributed by atoms with E-state index in [1.165, 1.54) is 23.4 Å². The first kappa shape index (κ1) is 39.9. The Kier molecular flexibility index (Phi) is 17.9. The highest BCUT2D eigenvalue weighted by atomic mass is 32.2. The van der Waals surface area contributed by atoms with Crippen LogP contribution in [0, 0.1) is 0 Å². The molecule has 0 bridgehead atoms. The molecule has 0 aliphatic heterocycles. The van der Waals surface area contributed by atoms with Crippen LogP contribution in [0.5, 0.6) is 0 Å². The summed E-state index contributed by atoms with van der Waals surface area (Å²) in [5.74, 6) is -2.51. The number of aliphatic carboxylic acids is 1. The zero-order chi connectivity index (χ0) is 35.5. The Hall–Kier alpha value is -4.31. The van der Waals surface area contributed by atoms with E-state index in [0.717, 1.165) is 5.56 Å². The predicted molar refractivity (Wildman–Crippen MR) is 181 cm³/mol. The molecule has 2 atom stereocenters. The van der Waals surface area contributed by atoms with Gasteiger partial charge < -0.3 is 31.7 Å². The molecule has 2 rings (SSSR count). The van der Waals surface area contributed by atoms with Crippen LogP contribution in [0.2, 0.25) is 0 Å². The number of aromatic nitrogens is 3. The number of unbranched alkanes of at least 4 members (excludes halogenated alkanes) is 1. The van der Waals surface area contributed by atoms with Crippen LogP contribution in [0.3, 0.4) is 0 Å². The van der Waals surface area contributed by atoms with Crippen LogP contribution in [0.15, 0.2) is 30.5 Å². The molecule has 2 aromatic rings. The molecule has 1 aromatic carbocycles. The lowest BCUT2D eigenvalue weighted by molar-refractivity contribution is -0.142. The number of carbonyl (C=O) groups is 6. The Morgan fingerprint density at radius 1 is 0.938 bits per heavy atom. The Balaban J connectivity index is 1.74. The van der Waals surface area contributed by atoms with Gasteiger partial charge in [0.1, 0.15) is 18.6 Å². The maximum absolute atomic E-state index is 12.9. The van der Waals surface area contributed by atoms with Crippen LogP contribution in [0.1, 0.15) is 74.5 Å². The highest BCUT2D eigenvalue weighted by Gasteiger charge is 2.24. The number of hydrogen-bond acceptors (Lipinski definition) is 10. The van der Waals surface area contributed by atoms with Gasteiger partial charge in [-0.1, -0.05) is 31.2 Å². The lowest BCUT2D eigenvalue weighted by atomic mass is 10.1. The zero-order valence-corrected chi connectivity index (χ0v) is 28.9. The molecular weight excluding hydrogens is 640 g/mol. The molecule has 48 heavy (non-hydrogen) atoms. The number of carboxylic acid groups (broad SMARTS) is 1. The molecule has 15 nitrogen and oxygen atoms in total. The largest absolute Gasteiger partial charge is 0.480 e. The van der Waals surface area contributed by atoms with Gasteiger partial charge in [-0.05, 0) is 62.3 Å². The third-order valence-corrected chi connectivity index (χ3v) is 7.68. The molecule has 0 aliphatic rings. The molecule has 0 radical (unpaired) electrons. The molecule has 6 N–H and O–H groups in total. The fourth-order valence-electron chi connectivity index (χ4n) is 4.43. The number of rotatable bonds is 23. The minimum absolute atomic E-state index is 0.0540. The molecule has 1 aromatic heterocycles. The normalized spacial score (nSPS) is 12.2. The number of aryl methyl sites for hydroxylation is 1. The summed E-state index contributed by atoms with van der Waals surface area (Å²) in [6, 6.07) is 5.35. The SMILES string of the molecule is CSCCC(NC(=O)c1ccc(CNC(C)C)cc1)C(=O)NCC(=O)NC(CCCCNC(=O)CCc1cn(CC(C)=O)nn1)C(=O)O. The lowest BCUT2D eigenvalue weighted by Crippen LogP contribution is -2.51. The number of amides is 4. The van der Waals surface area contributed by atoms with Gasteiger partial charge in [0.05, 0.1) is 12.2 Å². The number of thioether (sulfide) groups is 1. The Bertz CT molecular complexity index is 1370. The second-order valence-electron chi connectivity index (χ2n) is 11.7. The Morgan fingerprint density at radius 2 is 1.67 bits per heavy atom. The first-order chi connectivity index (χ1) is 22.9. The zero-order valence-electron chi connectivity index (χ0n) is 28.0. The monoisotopic (exact) mass is 688 g/mol. The van der Waals surface area contributed by atoms with Gasteiger partial charge in [0.2, 0.25) is 17.7 Å². The third-order valence-electron chi connectivity index (χ3n) is 7.04. The van der Waals surface area contributed by atoms with Crippen LogP contribution in [0.25, 0.3) is 0 Å². The Morgan fingerprint density at radius 3 is 2.31 bits per heavy atom. The maximum atomic E-state index is 12.9. The summed E-state index contributed by atoms with van der Waals surface area (Å²) in [5, 5.41) is 31.1. The van der Waals surface area contributed by atoms with E-state index in [1.807, 2.05) is 32.2 Å². The van der Waals surface area contributed by atoms with E-state index >= 15 is 0 Å². The van der Waals surface area contributed by atoms with Crippen molar-refractivity contribution in [2.45, 2.75) is 90.5 Å². The van der Waals surface area contributed by atoms with Crippen LogP contribution in [-0.4, -0.2) is 98.7 Å². The summed E-state index contributed by atoms with van der Waals surface area (Å²) in [7, 11) is 0. The molecule has 16 heteroatoms. The standard InChI is InChI=1S/C32H48N8O7S/c1-21(2)34-17-23-8-10-24(11-9-23)30(44)37-26(14-16-48-4)31(45)35-18-29(43)36-27(32(46)47)7-5-6-15-33-28(42)13-12-25-20-40(39-38-25)19-22(3)41/h8-11,20-21,26-27,34H,5-7,12-19H2,1-4H3,(H,33,42)(H,35,45)(H,36,43)(H,37,44)(H,46,47). The van der Waals surface area contributed by atoms with Crippen molar-refractivity contribution in [3.63, 3.8) is 0 Å². The van der Waals surface area contributed by atoms with Gasteiger partial charge in [-0.25, -0.2) is 9.48 Å². The third kappa shape index (κ3) is 16.0. The van der Waals surface area contributed by atoms with E-state index in [0.29, 0.717) is 61.8 Å². The number of hydrogen-bond donors (Lipinski definition) is 6. The fraction of sp³-hybridized carbons (Fsp3) is 0.562. The quantitative estimate of drug-likeness (QED) is 0.0900. The van der Waals surface area contributed by atoms with E-state index in [9.17, 15) is 33.9 Å². The molecule has 4 amide bonds. The van der Waals surface area contributed by atoms with E-state index in [-0.39, 0.29) is 31.1 Å². The van der Waals surface area contributed by atoms with Crippen molar-refractivity contribution in [2.24, 2.45) is 0 Å². The second kappa shape index (κ2) is 21.5. The van der Waals surface area contributed by atoms with Gasteiger partial charge in [-0.15, -0.1) is 5.10 Å². The average Bonchev–Trinajstić information content (AvgIpc) is 3.49. The highest BCUT2D eigenvalue weighted by molar-refractivity contribution is 7.98. The van der Waals surface area contributed by atoms with Crippen LogP contribution >= 0.6 is 11.8 Å². The molecule has 0 saturated carbocycles. The number of carboxylic acids is 1. The molecule has 264 valence electrons. The number of benzene rings is 1. The molecular formula is C32H48N8O7S. The molecule has 0 saturated heterocycles. The van der Waals surface area contributed by atoms with Crippen molar-refractivity contribution in [3.8, 4) is 0 Å². The molecule has 2 unspecified atom stereocenters. The van der Waals surface area contributed by atoms with Crippen molar-refractivity contribution < 1.29 is 33.9 Å². The summed E-state index contributed by atoms with van der Waals surface area (Å²) in [6.07, 6.45) is 5.43. The summed E-state index contributed by atoms with van der Waals surface area (Å²) in [5.41, 5.74) is 2.02. The van der Waals surface area contributed by atoms with Gasteiger partial charge >= 0.3 is 5.97 Å². The van der Waals surface area contributed by atoms with Crippen molar-refractivity contribution in [3.05, 3.63) is 47.3 Å². The summed E-state index contributed by atoms with van der Waals surface area (Å²) >= 11 is 1.51. The van der Waals surface area contributed by atoms with Gasteiger partial charge in [0, 0.05) is 43.7 Å². The number of nitrogens with zero attached hydrogens (tertiary/aromatic N) is 3. The van der Waals surface area contributed by atoms with E-state index < -0.39 is 42.3 Å². The minimum atomic E-state index is -1.22. The van der Waals surface area contributed by atoms with E-state index in [4.69, 9.17) is 0 Å². The second-order valence-corrected chi connectivity index (χ2v) is 12.7. The number of nitrogens with one attached hydrogen (secondary N) is 5. The smallest absolute Gasteiger partial charge is 0.326 e. The van der Waals surface area contributed by atoms with Gasteiger partial charge in [-0.2, -0.15) is 11.8 Å². The van der Waals surface area contributed by atoms with Crippen LogP contribution in [0.4, 0.5) is 0 Å². The molecule has 0 spiro atoms. The Labute approximate surface area is 285 Å².